The van der Waals surface area contributed by atoms with Crippen LogP contribution in [0.3, 0.4) is 0 Å². The van der Waals surface area contributed by atoms with Crippen molar-refractivity contribution in [3.05, 3.63) is 54.7 Å². The molecule has 1 heterocycles. The summed E-state index contributed by atoms with van der Waals surface area (Å²) in [7, 11) is 0. The van der Waals surface area contributed by atoms with Gasteiger partial charge in [-0.1, -0.05) is 31.1 Å². The number of hydrogen-bond acceptors (Lipinski definition) is 4. The smallest absolute Gasteiger partial charge is 0.253 e. The van der Waals surface area contributed by atoms with E-state index >= 15 is 0 Å². The first-order valence-electron chi connectivity index (χ1n) is 9.24. The Morgan fingerprint density at radius 3 is 2.78 bits per heavy atom. The average Bonchev–Trinajstić information content (AvgIpc) is 3.36. The molecule has 3 N–H and O–H groups in total. The van der Waals surface area contributed by atoms with Gasteiger partial charge in [-0.2, -0.15) is 5.10 Å². The fourth-order valence-corrected chi connectivity index (χ4v) is 3.31. The predicted octanol–water partition coefficient (Wildman–Crippen LogP) is 2.96. The molecule has 0 radical (unpaired) electrons. The fraction of sp³-hybridized carbons (Fsp3) is 0.350. The van der Waals surface area contributed by atoms with E-state index in [9.17, 15) is 9.59 Å². The monoisotopic (exact) mass is 367 g/mol. The summed E-state index contributed by atoms with van der Waals surface area (Å²) in [5.41, 5.74) is 1.10. The van der Waals surface area contributed by atoms with Crippen LogP contribution in [0.15, 0.2) is 49.2 Å². The predicted molar refractivity (Wildman–Crippen MR) is 106 cm³/mol. The molecule has 1 fully saturated rings. The van der Waals surface area contributed by atoms with Crippen LogP contribution in [0.5, 0.6) is 0 Å². The van der Waals surface area contributed by atoms with Crippen molar-refractivity contribution in [2.75, 3.05) is 23.7 Å². The van der Waals surface area contributed by atoms with Gasteiger partial charge in [0.05, 0.1) is 24.3 Å². The second kappa shape index (κ2) is 9.02. The maximum Gasteiger partial charge on any atom is 0.253 e. The Morgan fingerprint density at radius 1 is 1.22 bits per heavy atom. The highest BCUT2D eigenvalue weighted by atomic mass is 16.2. The lowest BCUT2D eigenvalue weighted by Crippen LogP contribution is -2.27. The molecule has 1 aliphatic rings. The van der Waals surface area contributed by atoms with Crippen molar-refractivity contribution in [3.8, 4) is 0 Å². The van der Waals surface area contributed by atoms with E-state index in [2.05, 4.69) is 27.6 Å². The first-order chi connectivity index (χ1) is 13.2. The van der Waals surface area contributed by atoms with Crippen LogP contribution >= 0.6 is 0 Å². The summed E-state index contributed by atoms with van der Waals surface area (Å²) in [6.45, 7) is 4.03. The van der Waals surface area contributed by atoms with Crippen LogP contribution in [0.4, 0.5) is 11.5 Å². The van der Waals surface area contributed by atoms with E-state index < -0.39 is 0 Å². The number of benzene rings is 1. The Bertz CT molecular complexity index is 808. The fourth-order valence-electron chi connectivity index (χ4n) is 3.31. The van der Waals surface area contributed by atoms with E-state index in [1.165, 1.54) is 12.8 Å². The van der Waals surface area contributed by atoms with Crippen molar-refractivity contribution < 1.29 is 9.59 Å². The Labute approximate surface area is 158 Å². The van der Waals surface area contributed by atoms with Crippen LogP contribution in [0.2, 0.25) is 0 Å². The number of carbonyl (C=O) groups is 2. The van der Waals surface area contributed by atoms with Crippen LogP contribution in [0.1, 0.15) is 42.1 Å². The summed E-state index contributed by atoms with van der Waals surface area (Å²) < 4.78 is 1.90. The lowest BCUT2D eigenvalue weighted by atomic mass is 10.1. The first-order valence-corrected chi connectivity index (χ1v) is 9.24. The molecule has 7 heteroatoms. The SMILES string of the molecule is C=CCNC(=O)c1ccccc1NCC(=O)Nc1ccnn1C1CCCC1. The zero-order chi connectivity index (χ0) is 19.1. The van der Waals surface area contributed by atoms with Gasteiger partial charge in [-0.25, -0.2) is 4.68 Å². The highest BCUT2D eigenvalue weighted by molar-refractivity contribution is 6.00. The van der Waals surface area contributed by atoms with Crippen molar-refractivity contribution in [1.82, 2.24) is 15.1 Å². The molecule has 1 aromatic carbocycles. The van der Waals surface area contributed by atoms with Gasteiger partial charge in [-0.15, -0.1) is 6.58 Å². The number of carbonyl (C=O) groups excluding carboxylic acids is 2. The zero-order valence-electron chi connectivity index (χ0n) is 15.3. The first kappa shape index (κ1) is 18.7. The van der Waals surface area contributed by atoms with E-state index in [0.717, 1.165) is 12.8 Å². The molecule has 27 heavy (non-hydrogen) atoms. The Morgan fingerprint density at radius 2 is 2.00 bits per heavy atom. The lowest BCUT2D eigenvalue weighted by Gasteiger charge is -2.15. The van der Waals surface area contributed by atoms with Gasteiger partial charge in [-0.05, 0) is 25.0 Å². The molecule has 0 aliphatic heterocycles. The summed E-state index contributed by atoms with van der Waals surface area (Å²) in [6, 6.07) is 9.27. The molecule has 1 saturated carbocycles. The minimum Gasteiger partial charge on any atom is -0.375 e. The lowest BCUT2D eigenvalue weighted by molar-refractivity contribution is -0.114. The van der Waals surface area contributed by atoms with Gasteiger partial charge in [0.15, 0.2) is 0 Å². The summed E-state index contributed by atoms with van der Waals surface area (Å²) in [4.78, 5) is 24.6. The van der Waals surface area contributed by atoms with Crippen LogP contribution in [0, 0.1) is 0 Å². The van der Waals surface area contributed by atoms with E-state index in [1.54, 1.807) is 30.5 Å². The highest BCUT2D eigenvalue weighted by Gasteiger charge is 2.20. The molecule has 1 aliphatic carbocycles. The van der Waals surface area contributed by atoms with E-state index in [-0.39, 0.29) is 18.4 Å². The third-order valence-electron chi connectivity index (χ3n) is 4.63. The van der Waals surface area contributed by atoms with Gasteiger partial charge < -0.3 is 16.0 Å². The second-order valence-corrected chi connectivity index (χ2v) is 6.55. The van der Waals surface area contributed by atoms with Gasteiger partial charge in [0.2, 0.25) is 5.91 Å². The van der Waals surface area contributed by atoms with Crippen LogP contribution in [0.25, 0.3) is 0 Å². The van der Waals surface area contributed by atoms with Crippen molar-refractivity contribution >= 4 is 23.3 Å². The van der Waals surface area contributed by atoms with Gasteiger partial charge >= 0.3 is 0 Å². The molecule has 0 unspecified atom stereocenters. The Hall–Kier alpha value is -3.09. The molecule has 0 spiro atoms. The van der Waals surface area contributed by atoms with Crippen LogP contribution in [-0.4, -0.2) is 34.7 Å². The molecular formula is C20H25N5O2. The Balaban J connectivity index is 1.59. The minimum atomic E-state index is -0.210. The number of amides is 2. The van der Waals surface area contributed by atoms with Crippen molar-refractivity contribution in [1.29, 1.82) is 0 Å². The van der Waals surface area contributed by atoms with E-state index in [4.69, 9.17) is 0 Å². The maximum atomic E-state index is 12.4. The second-order valence-electron chi connectivity index (χ2n) is 6.55. The maximum absolute atomic E-state index is 12.4. The number of rotatable bonds is 8. The number of para-hydroxylation sites is 1. The van der Waals surface area contributed by atoms with Gasteiger partial charge in [0.25, 0.3) is 5.91 Å². The van der Waals surface area contributed by atoms with Crippen molar-refractivity contribution in [2.24, 2.45) is 0 Å². The highest BCUT2D eigenvalue weighted by Crippen LogP contribution is 2.31. The summed E-state index contributed by atoms with van der Waals surface area (Å²) in [6.07, 6.45) is 7.91. The van der Waals surface area contributed by atoms with Crippen LogP contribution in [-0.2, 0) is 4.79 Å². The third-order valence-corrected chi connectivity index (χ3v) is 4.63. The normalized spacial score (nSPS) is 13.9. The molecule has 7 nitrogen and oxygen atoms in total. The van der Waals surface area contributed by atoms with Crippen molar-refractivity contribution in [2.45, 2.75) is 31.7 Å². The summed E-state index contributed by atoms with van der Waals surface area (Å²) >= 11 is 0. The summed E-state index contributed by atoms with van der Waals surface area (Å²) in [5.74, 6) is 0.319. The molecule has 0 atom stereocenters. The van der Waals surface area contributed by atoms with E-state index in [0.29, 0.717) is 29.7 Å². The molecule has 0 saturated heterocycles. The average molecular weight is 367 g/mol. The molecule has 3 rings (SSSR count). The number of nitrogens with zero attached hydrogens (tertiary/aromatic N) is 2. The molecule has 2 amide bonds. The Kier molecular flexibility index (Phi) is 6.25. The van der Waals surface area contributed by atoms with Crippen LogP contribution < -0.4 is 16.0 Å². The van der Waals surface area contributed by atoms with Gasteiger partial charge in [0, 0.05) is 18.3 Å². The van der Waals surface area contributed by atoms with E-state index in [1.807, 2.05) is 16.8 Å². The number of anilines is 2. The molecule has 2 aromatic rings. The zero-order valence-corrected chi connectivity index (χ0v) is 15.3. The van der Waals surface area contributed by atoms with Gasteiger partial charge in [-0.3, -0.25) is 9.59 Å². The molecule has 1 aromatic heterocycles. The third kappa shape index (κ3) is 4.75. The number of hydrogen-bond donors (Lipinski definition) is 3. The largest absolute Gasteiger partial charge is 0.375 e. The standard InChI is InChI=1S/C20H25N5O2/c1-2-12-21-20(27)16-9-5-6-10-17(16)22-14-19(26)24-18-11-13-23-25(18)15-7-3-4-8-15/h2,5-6,9-11,13,15,22H,1,3-4,7-8,12,14H2,(H,21,27)(H,24,26). The minimum absolute atomic E-state index is 0.0571. The molecule has 0 bridgehead atoms. The quantitative estimate of drug-likeness (QED) is 0.626. The van der Waals surface area contributed by atoms with Crippen molar-refractivity contribution in [3.63, 3.8) is 0 Å². The molecular weight excluding hydrogens is 342 g/mol. The summed E-state index contributed by atoms with van der Waals surface area (Å²) in [5, 5.41) is 13.0. The molecule has 142 valence electrons. The van der Waals surface area contributed by atoms with Gasteiger partial charge in [0.1, 0.15) is 5.82 Å². The number of aromatic nitrogens is 2. The topological polar surface area (TPSA) is 88.1 Å². The number of nitrogens with one attached hydrogen (secondary N) is 3.